The Morgan fingerprint density at radius 1 is 1.04 bits per heavy atom. The van der Waals surface area contributed by atoms with E-state index in [0.717, 1.165) is 27.3 Å². The van der Waals surface area contributed by atoms with E-state index < -0.39 is 0 Å². The van der Waals surface area contributed by atoms with Crippen molar-refractivity contribution in [3.05, 3.63) is 76.8 Å². The van der Waals surface area contributed by atoms with Gasteiger partial charge in [0.1, 0.15) is 12.4 Å². The molecule has 0 aliphatic carbocycles. The lowest BCUT2D eigenvalue weighted by atomic mass is 10.0. The molecule has 1 atom stereocenters. The topological polar surface area (TPSA) is 41.5 Å². The molecule has 0 fully saturated rings. The molecule has 0 aliphatic rings. The van der Waals surface area contributed by atoms with Crippen LogP contribution in [0.1, 0.15) is 18.1 Å². The summed E-state index contributed by atoms with van der Waals surface area (Å²) < 4.78 is 6.08. The Morgan fingerprint density at radius 2 is 1.77 bits per heavy atom. The molecular weight excluding hydrogens is 369 g/mol. The third kappa shape index (κ3) is 5.36. The fourth-order valence-electron chi connectivity index (χ4n) is 2.78. The molecule has 0 bridgehead atoms. The van der Waals surface area contributed by atoms with Gasteiger partial charge in [-0.2, -0.15) is 0 Å². The van der Waals surface area contributed by atoms with Crippen LogP contribution in [0.25, 0.3) is 10.8 Å². The van der Waals surface area contributed by atoms with Crippen LogP contribution in [0.3, 0.4) is 0 Å². The Morgan fingerprint density at radius 3 is 2.50 bits per heavy atom. The second kappa shape index (κ2) is 9.79. The first-order valence-electron chi connectivity index (χ1n) is 8.40. The quantitative estimate of drug-likeness (QED) is 0.597. The molecule has 0 spiro atoms. The lowest BCUT2D eigenvalue weighted by Gasteiger charge is -2.16. The molecule has 3 aromatic rings. The highest BCUT2D eigenvalue weighted by Gasteiger charge is 2.09. The summed E-state index contributed by atoms with van der Waals surface area (Å²) in [5, 5.41) is 15.8. The van der Waals surface area contributed by atoms with Crippen molar-refractivity contribution < 1.29 is 9.84 Å². The van der Waals surface area contributed by atoms with Crippen molar-refractivity contribution in [1.29, 1.82) is 0 Å². The molecule has 2 N–H and O–H groups in total. The SMILES string of the molecule is CC(O)CNCc1c(OCc2ccc(Cl)cc2)ccc2ccccc12.Cl. The highest BCUT2D eigenvalue weighted by molar-refractivity contribution is 6.30. The van der Waals surface area contributed by atoms with Crippen LogP contribution < -0.4 is 10.1 Å². The maximum atomic E-state index is 9.48. The van der Waals surface area contributed by atoms with Gasteiger partial charge in [0.2, 0.25) is 0 Å². The predicted octanol–water partition coefficient (Wildman–Crippen LogP) is 4.96. The summed E-state index contributed by atoms with van der Waals surface area (Å²) >= 11 is 5.93. The summed E-state index contributed by atoms with van der Waals surface area (Å²) in [6.45, 7) is 3.44. The number of benzene rings is 3. The first-order chi connectivity index (χ1) is 12.1. The van der Waals surface area contributed by atoms with Gasteiger partial charge in [-0.3, -0.25) is 0 Å². The van der Waals surface area contributed by atoms with Gasteiger partial charge in [-0.25, -0.2) is 0 Å². The number of halogens is 2. The first-order valence-corrected chi connectivity index (χ1v) is 8.78. The van der Waals surface area contributed by atoms with Crippen LogP contribution in [0.2, 0.25) is 5.02 Å². The number of rotatable bonds is 7. The van der Waals surface area contributed by atoms with Crippen LogP contribution in [-0.2, 0) is 13.2 Å². The average Bonchev–Trinajstić information content (AvgIpc) is 2.62. The summed E-state index contributed by atoms with van der Waals surface area (Å²) in [6.07, 6.45) is -0.381. The van der Waals surface area contributed by atoms with Crippen molar-refractivity contribution in [1.82, 2.24) is 5.32 Å². The average molecular weight is 392 g/mol. The molecule has 0 saturated carbocycles. The van der Waals surface area contributed by atoms with Gasteiger partial charge in [0, 0.05) is 23.7 Å². The zero-order chi connectivity index (χ0) is 17.6. The van der Waals surface area contributed by atoms with Gasteiger partial charge in [-0.1, -0.05) is 54.1 Å². The minimum Gasteiger partial charge on any atom is -0.489 e. The maximum absolute atomic E-state index is 9.48. The highest BCUT2D eigenvalue weighted by atomic mass is 35.5. The second-order valence-electron chi connectivity index (χ2n) is 6.16. The van der Waals surface area contributed by atoms with Crippen molar-refractivity contribution in [3.8, 4) is 5.75 Å². The van der Waals surface area contributed by atoms with Crippen LogP contribution in [0.5, 0.6) is 5.75 Å². The largest absolute Gasteiger partial charge is 0.489 e. The van der Waals surface area contributed by atoms with E-state index in [1.54, 1.807) is 6.92 Å². The Bertz CT molecular complexity index is 835. The monoisotopic (exact) mass is 391 g/mol. The lowest BCUT2D eigenvalue weighted by Crippen LogP contribution is -2.24. The fraction of sp³-hybridized carbons (Fsp3) is 0.238. The molecule has 26 heavy (non-hydrogen) atoms. The van der Waals surface area contributed by atoms with E-state index >= 15 is 0 Å². The number of ether oxygens (including phenoxy) is 1. The molecule has 3 nitrogen and oxygen atoms in total. The molecule has 138 valence electrons. The van der Waals surface area contributed by atoms with Crippen LogP contribution in [-0.4, -0.2) is 17.8 Å². The van der Waals surface area contributed by atoms with Crippen molar-refractivity contribution >= 4 is 34.8 Å². The van der Waals surface area contributed by atoms with Crippen molar-refractivity contribution in [2.75, 3.05) is 6.54 Å². The molecule has 0 aromatic heterocycles. The van der Waals surface area contributed by atoms with Crippen LogP contribution in [0, 0.1) is 0 Å². The summed E-state index contributed by atoms with van der Waals surface area (Å²) in [6, 6.07) is 20.0. The maximum Gasteiger partial charge on any atom is 0.124 e. The number of aliphatic hydroxyl groups excluding tert-OH is 1. The van der Waals surface area contributed by atoms with Gasteiger partial charge in [0.25, 0.3) is 0 Å². The third-order valence-electron chi connectivity index (χ3n) is 4.05. The standard InChI is InChI=1S/C21H22ClNO2.ClH/c1-15(24)12-23-13-20-19-5-3-2-4-17(19)8-11-21(20)25-14-16-6-9-18(22)10-7-16;/h2-11,15,23-24H,12-14H2,1H3;1H. The number of nitrogens with one attached hydrogen (secondary N) is 1. The van der Waals surface area contributed by atoms with Crippen molar-refractivity contribution in [3.63, 3.8) is 0 Å². The zero-order valence-corrected chi connectivity index (χ0v) is 16.2. The summed E-state index contributed by atoms with van der Waals surface area (Å²) in [7, 11) is 0. The number of fused-ring (bicyclic) bond motifs is 1. The summed E-state index contributed by atoms with van der Waals surface area (Å²) in [5.74, 6) is 0.853. The van der Waals surface area contributed by atoms with Gasteiger partial charge in [-0.05, 0) is 41.5 Å². The van der Waals surface area contributed by atoms with Crippen LogP contribution >= 0.6 is 24.0 Å². The molecule has 0 aliphatic heterocycles. The zero-order valence-electron chi connectivity index (χ0n) is 14.6. The van der Waals surface area contributed by atoms with Gasteiger partial charge < -0.3 is 15.2 Å². The van der Waals surface area contributed by atoms with Crippen LogP contribution in [0.15, 0.2) is 60.7 Å². The minimum absolute atomic E-state index is 0. The van der Waals surface area contributed by atoms with Crippen LogP contribution in [0.4, 0.5) is 0 Å². The van der Waals surface area contributed by atoms with E-state index in [9.17, 15) is 5.11 Å². The molecule has 3 aromatic carbocycles. The van der Waals surface area contributed by atoms with Crippen molar-refractivity contribution in [2.45, 2.75) is 26.2 Å². The Balaban J connectivity index is 0.00000243. The van der Waals surface area contributed by atoms with E-state index in [4.69, 9.17) is 16.3 Å². The summed E-state index contributed by atoms with van der Waals surface area (Å²) in [5.41, 5.74) is 2.17. The van der Waals surface area contributed by atoms with Gasteiger partial charge in [0.05, 0.1) is 6.10 Å². The predicted molar refractivity (Wildman–Crippen MR) is 110 cm³/mol. The fourth-order valence-corrected chi connectivity index (χ4v) is 2.91. The molecule has 3 rings (SSSR count). The molecule has 0 heterocycles. The van der Waals surface area contributed by atoms with E-state index in [0.29, 0.717) is 19.7 Å². The van der Waals surface area contributed by atoms with Gasteiger partial charge in [-0.15, -0.1) is 12.4 Å². The number of aliphatic hydroxyl groups is 1. The molecule has 1 unspecified atom stereocenters. The second-order valence-corrected chi connectivity index (χ2v) is 6.59. The smallest absolute Gasteiger partial charge is 0.124 e. The number of hydrogen-bond acceptors (Lipinski definition) is 3. The van der Waals surface area contributed by atoms with E-state index in [1.807, 2.05) is 42.5 Å². The Labute approximate surface area is 165 Å². The van der Waals surface area contributed by atoms with Crippen molar-refractivity contribution in [2.24, 2.45) is 0 Å². The Hall–Kier alpha value is -1.78. The third-order valence-corrected chi connectivity index (χ3v) is 4.30. The lowest BCUT2D eigenvalue weighted by molar-refractivity contribution is 0.190. The van der Waals surface area contributed by atoms with Gasteiger partial charge in [0.15, 0.2) is 0 Å². The molecule has 0 radical (unpaired) electrons. The van der Waals surface area contributed by atoms with E-state index in [-0.39, 0.29) is 18.5 Å². The molecule has 5 heteroatoms. The normalized spacial score (nSPS) is 11.8. The first kappa shape index (κ1) is 20.5. The van der Waals surface area contributed by atoms with E-state index in [1.165, 1.54) is 5.39 Å². The number of hydrogen-bond donors (Lipinski definition) is 2. The van der Waals surface area contributed by atoms with E-state index in [2.05, 4.69) is 23.5 Å². The summed E-state index contributed by atoms with van der Waals surface area (Å²) in [4.78, 5) is 0. The minimum atomic E-state index is -0.381. The van der Waals surface area contributed by atoms with Gasteiger partial charge >= 0.3 is 0 Å². The molecule has 0 amide bonds. The highest BCUT2D eigenvalue weighted by Crippen LogP contribution is 2.29. The molecule has 0 saturated heterocycles. The Kier molecular flexibility index (Phi) is 7.73. The molecular formula is C21H23Cl2NO2.